The van der Waals surface area contributed by atoms with Crippen LogP contribution in [0.25, 0.3) is 10.9 Å². The van der Waals surface area contributed by atoms with Gasteiger partial charge in [-0.1, -0.05) is 24.4 Å². The van der Waals surface area contributed by atoms with Gasteiger partial charge in [0.05, 0.1) is 38.3 Å². The van der Waals surface area contributed by atoms with Gasteiger partial charge in [0, 0.05) is 23.5 Å². The number of carbonyl (C=O) groups is 1. The minimum Gasteiger partial charge on any atom is -0.506 e. The molecule has 2 heterocycles. The summed E-state index contributed by atoms with van der Waals surface area (Å²) in [6.45, 7) is 4.00. The van der Waals surface area contributed by atoms with E-state index in [4.69, 9.17) is 17.0 Å². The first-order valence-corrected chi connectivity index (χ1v) is 13.5. The Morgan fingerprint density at radius 3 is 2.54 bits per heavy atom. The minimum atomic E-state index is -4.53. The lowest BCUT2D eigenvalue weighted by Crippen LogP contribution is -2.19. The van der Waals surface area contributed by atoms with E-state index in [-0.39, 0.29) is 34.4 Å². The quantitative estimate of drug-likeness (QED) is 0.181. The Bertz CT molecular complexity index is 1390. The number of aromatic nitrogens is 1. The van der Waals surface area contributed by atoms with Crippen molar-refractivity contribution >= 4 is 49.9 Å². The molecular weight excluding hydrogens is 569 g/mol. The van der Waals surface area contributed by atoms with Gasteiger partial charge in [-0.15, -0.1) is 0 Å². The second-order valence-electron chi connectivity index (χ2n) is 9.52. The number of alkyl halides is 3. The number of halogens is 4. The summed E-state index contributed by atoms with van der Waals surface area (Å²) in [5.41, 5.74) is 1.24. The Morgan fingerprint density at radius 1 is 1.22 bits per heavy atom. The van der Waals surface area contributed by atoms with Gasteiger partial charge in [-0.3, -0.25) is 4.90 Å². The van der Waals surface area contributed by atoms with Gasteiger partial charge in [-0.2, -0.15) is 13.2 Å². The first kappa shape index (κ1) is 26.2. The summed E-state index contributed by atoms with van der Waals surface area (Å²) in [4.78, 5) is 15.9. The fourth-order valence-electron chi connectivity index (χ4n) is 5.13. The second-order valence-corrected chi connectivity index (χ2v) is 10.8. The molecule has 2 fully saturated rings. The second kappa shape index (κ2) is 10.0. The molecule has 196 valence electrons. The molecule has 0 bridgehead atoms. The molecule has 5 nitrogen and oxygen atoms in total. The molecule has 5 rings (SSSR count). The Labute approximate surface area is 226 Å². The van der Waals surface area contributed by atoms with Crippen molar-refractivity contribution in [1.29, 1.82) is 0 Å². The Hall–Kier alpha value is -2.43. The maximum Gasteiger partial charge on any atom is 0.416 e. The van der Waals surface area contributed by atoms with Gasteiger partial charge in [0.1, 0.15) is 5.75 Å². The van der Waals surface area contributed by atoms with Crippen LogP contribution in [0.4, 0.5) is 13.2 Å². The SMILES string of the molecule is CCOC(=O)c1c(C(=S)c2cccc(C(F)(F)F)c2)n(C2CC2)c2cc(Br)c(O)c(CN3CCCC3)c12. The Balaban J connectivity index is 1.80. The summed E-state index contributed by atoms with van der Waals surface area (Å²) in [5.74, 6) is -0.574. The summed E-state index contributed by atoms with van der Waals surface area (Å²) in [5, 5.41) is 11.7. The van der Waals surface area contributed by atoms with Crippen molar-refractivity contribution in [3.05, 3.63) is 62.8 Å². The van der Waals surface area contributed by atoms with Crippen molar-refractivity contribution in [3.8, 4) is 5.75 Å². The standard InChI is InChI=1S/C27H26BrF3N2O3S/c1-2-36-26(35)22-21-18(14-32-10-3-4-11-32)24(34)19(28)13-20(21)33(17-8-9-17)23(22)25(37)15-6-5-7-16(12-15)27(29,30)31/h5-7,12-13,17,34H,2-4,8-11,14H2,1H3. The Morgan fingerprint density at radius 2 is 1.92 bits per heavy atom. The number of phenolic OH excluding ortho intramolecular Hbond substituents is 1. The number of likely N-dealkylation sites (tertiary alicyclic amines) is 1. The van der Waals surface area contributed by atoms with E-state index in [1.807, 2.05) is 4.57 Å². The van der Waals surface area contributed by atoms with Gasteiger partial charge >= 0.3 is 12.1 Å². The van der Waals surface area contributed by atoms with E-state index in [0.717, 1.165) is 50.9 Å². The van der Waals surface area contributed by atoms with Crippen LogP contribution >= 0.6 is 28.1 Å². The molecule has 1 N–H and O–H groups in total. The number of esters is 1. The highest BCUT2D eigenvalue weighted by Gasteiger charge is 2.37. The molecule has 0 radical (unpaired) electrons. The van der Waals surface area contributed by atoms with Gasteiger partial charge in [0.2, 0.25) is 0 Å². The third-order valence-corrected chi connectivity index (χ3v) is 7.99. The predicted octanol–water partition coefficient (Wildman–Crippen LogP) is 7.00. The Kier molecular flexibility index (Phi) is 7.10. The smallest absolute Gasteiger partial charge is 0.416 e. The molecule has 0 amide bonds. The van der Waals surface area contributed by atoms with E-state index in [1.54, 1.807) is 13.0 Å². The predicted molar refractivity (Wildman–Crippen MR) is 142 cm³/mol. The number of thiocarbonyl (C=S) groups is 1. The molecular formula is C27H26BrF3N2O3S. The number of rotatable bonds is 7. The molecule has 37 heavy (non-hydrogen) atoms. The van der Waals surface area contributed by atoms with E-state index in [1.165, 1.54) is 12.1 Å². The van der Waals surface area contributed by atoms with E-state index in [9.17, 15) is 23.1 Å². The third kappa shape index (κ3) is 4.91. The maximum absolute atomic E-state index is 13.5. The molecule has 1 aliphatic carbocycles. The molecule has 10 heteroatoms. The average Bonchev–Trinajstić information content (AvgIpc) is 3.45. The van der Waals surface area contributed by atoms with Gasteiger partial charge < -0.3 is 14.4 Å². The largest absolute Gasteiger partial charge is 0.506 e. The van der Waals surface area contributed by atoms with Crippen molar-refractivity contribution in [1.82, 2.24) is 9.47 Å². The summed E-state index contributed by atoms with van der Waals surface area (Å²) in [7, 11) is 0. The van der Waals surface area contributed by atoms with E-state index >= 15 is 0 Å². The molecule has 1 saturated heterocycles. The van der Waals surface area contributed by atoms with Crippen molar-refractivity contribution in [3.63, 3.8) is 0 Å². The molecule has 0 unspecified atom stereocenters. The highest BCUT2D eigenvalue weighted by atomic mass is 79.9. The van der Waals surface area contributed by atoms with Crippen molar-refractivity contribution in [2.45, 2.75) is 51.4 Å². The van der Waals surface area contributed by atoms with Crippen molar-refractivity contribution in [2.75, 3.05) is 19.7 Å². The molecule has 2 aliphatic rings. The minimum absolute atomic E-state index is 0.0365. The highest BCUT2D eigenvalue weighted by molar-refractivity contribution is 9.10. The zero-order valence-corrected chi connectivity index (χ0v) is 22.6. The summed E-state index contributed by atoms with van der Waals surface area (Å²) in [6.07, 6.45) is -0.722. The number of hydrogen-bond acceptors (Lipinski definition) is 5. The normalized spacial score (nSPS) is 16.5. The van der Waals surface area contributed by atoms with Crippen LogP contribution in [0.5, 0.6) is 5.75 Å². The molecule has 3 aromatic rings. The first-order valence-electron chi connectivity index (χ1n) is 12.3. The van der Waals surface area contributed by atoms with Crippen LogP contribution < -0.4 is 0 Å². The fraction of sp³-hybridized carbons (Fsp3) is 0.407. The number of carbonyl (C=O) groups excluding carboxylic acids is 1. The highest BCUT2D eigenvalue weighted by Crippen LogP contribution is 2.47. The van der Waals surface area contributed by atoms with E-state index < -0.39 is 17.7 Å². The molecule has 1 saturated carbocycles. The number of aromatic hydroxyl groups is 1. The zero-order chi connectivity index (χ0) is 26.5. The number of fused-ring (bicyclic) bond motifs is 1. The van der Waals surface area contributed by atoms with Crippen LogP contribution in [0.2, 0.25) is 0 Å². The number of phenols is 1. The number of benzene rings is 2. The van der Waals surface area contributed by atoms with Crippen LogP contribution in [-0.2, 0) is 17.5 Å². The summed E-state index contributed by atoms with van der Waals surface area (Å²) < 4.78 is 48.4. The van der Waals surface area contributed by atoms with Gasteiger partial charge in [-0.25, -0.2) is 4.79 Å². The van der Waals surface area contributed by atoms with Crippen molar-refractivity contribution < 1.29 is 27.8 Å². The number of ether oxygens (including phenoxy) is 1. The number of hydrogen-bond donors (Lipinski definition) is 1. The van der Waals surface area contributed by atoms with Crippen LogP contribution in [0.1, 0.15) is 71.4 Å². The average molecular weight is 595 g/mol. The maximum atomic E-state index is 13.5. The zero-order valence-electron chi connectivity index (χ0n) is 20.2. The van der Waals surface area contributed by atoms with Gasteiger partial charge in [0.15, 0.2) is 0 Å². The molecule has 1 aromatic heterocycles. The van der Waals surface area contributed by atoms with Gasteiger partial charge in [-0.05, 0) is 85.4 Å². The summed E-state index contributed by atoms with van der Waals surface area (Å²) in [6, 6.07) is 6.67. The van der Waals surface area contributed by atoms with E-state index in [2.05, 4.69) is 20.8 Å². The van der Waals surface area contributed by atoms with Crippen LogP contribution in [0.3, 0.4) is 0 Å². The lowest BCUT2D eigenvalue weighted by Gasteiger charge is -2.18. The first-order chi connectivity index (χ1) is 17.6. The lowest BCUT2D eigenvalue weighted by atomic mass is 9.99. The fourth-order valence-corrected chi connectivity index (χ4v) is 5.92. The molecule has 0 spiro atoms. The third-order valence-electron chi connectivity index (χ3n) is 6.96. The van der Waals surface area contributed by atoms with Crippen LogP contribution in [-0.4, -0.2) is 45.1 Å². The molecule has 1 aliphatic heterocycles. The topological polar surface area (TPSA) is 54.7 Å². The van der Waals surface area contributed by atoms with Crippen molar-refractivity contribution in [2.24, 2.45) is 0 Å². The van der Waals surface area contributed by atoms with Crippen LogP contribution in [0, 0.1) is 0 Å². The molecule has 0 atom stereocenters. The van der Waals surface area contributed by atoms with Crippen LogP contribution in [0.15, 0.2) is 34.8 Å². The summed E-state index contributed by atoms with van der Waals surface area (Å²) >= 11 is 9.29. The monoisotopic (exact) mass is 594 g/mol. The molecule has 2 aromatic carbocycles. The van der Waals surface area contributed by atoms with E-state index in [0.29, 0.717) is 33.2 Å². The number of nitrogens with zero attached hydrogens (tertiary/aromatic N) is 2. The lowest BCUT2D eigenvalue weighted by molar-refractivity contribution is -0.137. The van der Waals surface area contributed by atoms with Gasteiger partial charge in [0.25, 0.3) is 0 Å².